The van der Waals surface area contributed by atoms with Crippen LogP contribution in [-0.2, 0) is 6.42 Å². The predicted octanol–water partition coefficient (Wildman–Crippen LogP) is 4.37. The zero-order valence-electron chi connectivity index (χ0n) is 15.4. The number of ketones is 1. The van der Waals surface area contributed by atoms with E-state index in [1.165, 1.54) is 12.1 Å². The number of benzene rings is 1. The van der Waals surface area contributed by atoms with Gasteiger partial charge in [0.15, 0.2) is 11.6 Å². The summed E-state index contributed by atoms with van der Waals surface area (Å²) in [7, 11) is 0. The third kappa shape index (κ3) is 3.56. The van der Waals surface area contributed by atoms with Crippen LogP contribution in [0.15, 0.2) is 58.8 Å². The average Bonchev–Trinajstić information content (AvgIpc) is 3.06. The number of Topliss-reactive ketones (excluding diaryl/α,β-unsaturated/α-hetero) is 1. The van der Waals surface area contributed by atoms with Gasteiger partial charge in [-0.2, -0.15) is 5.10 Å². The third-order valence-corrected chi connectivity index (χ3v) is 5.39. The lowest BCUT2D eigenvalue weighted by molar-refractivity contribution is -0.384. The zero-order valence-corrected chi connectivity index (χ0v) is 17.0. The van der Waals surface area contributed by atoms with Gasteiger partial charge >= 0.3 is 0 Å². The van der Waals surface area contributed by atoms with Crippen molar-refractivity contribution in [3.05, 3.63) is 85.9 Å². The van der Waals surface area contributed by atoms with Crippen LogP contribution in [0.2, 0.25) is 0 Å². The maximum atomic E-state index is 13.0. The Morgan fingerprint density at radius 2 is 2.10 bits per heavy atom. The lowest BCUT2D eigenvalue weighted by Crippen LogP contribution is -2.17. The van der Waals surface area contributed by atoms with Crippen molar-refractivity contribution in [1.82, 2.24) is 14.8 Å². The Kier molecular flexibility index (Phi) is 4.98. The first-order chi connectivity index (χ1) is 14.0. The minimum atomic E-state index is -0.457. The second-order valence-electron chi connectivity index (χ2n) is 6.57. The van der Waals surface area contributed by atoms with E-state index in [1.54, 1.807) is 23.1 Å². The number of carbonyl (C=O) groups excluding carboxylic acids is 1. The third-order valence-electron chi connectivity index (χ3n) is 4.74. The second-order valence-corrected chi connectivity index (χ2v) is 7.43. The highest BCUT2D eigenvalue weighted by atomic mass is 79.9. The zero-order chi connectivity index (χ0) is 20.5. The number of allylic oxidation sites excluding steroid dienone is 1. The number of aryl methyl sites for hydroxylation is 1. The molecule has 0 spiro atoms. The number of rotatable bonds is 4. The van der Waals surface area contributed by atoms with E-state index in [0.717, 1.165) is 5.69 Å². The quantitative estimate of drug-likeness (QED) is 0.357. The Morgan fingerprint density at radius 3 is 2.79 bits per heavy atom. The normalized spacial score (nSPS) is 14.7. The summed E-state index contributed by atoms with van der Waals surface area (Å²) in [5, 5.41) is 18.5. The van der Waals surface area contributed by atoms with E-state index in [2.05, 4.69) is 31.3 Å². The molecule has 3 aromatic rings. The molecule has 2 heterocycles. The van der Waals surface area contributed by atoms with E-state index < -0.39 is 4.92 Å². The minimum Gasteiger partial charge on any atom is -0.360 e. The molecule has 1 aromatic carbocycles. The van der Waals surface area contributed by atoms with E-state index in [1.807, 2.05) is 25.1 Å². The van der Waals surface area contributed by atoms with Crippen molar-refractivity contribution in [2.45, 2.75) is 19.8 Å². The monoisotopic (exact) mass is 453 g/mol. The molecule has 0 atom stereocenters. The van der Waals surface area contributed by atoms with Gasteiger partial charge in [0.05, 0.1) is 27.6 Å². The molecule has 0 bridgehead atoms. The van der Waals surface area contributed by atoms with Gasteiger partial charge in [0.1, 0.15) is 0 Å². The molecule has 0 saturated heterocycles. The number of carbonyl (C=O) groups is 1. The van der Waals surface area contributed by atoms with Crippen molar-refractivity contribution in [3.63, 3.8) is 0 Å². The molecule has 0 radical (unpaired) electrons. The molecule has 0 fully saturated rings. The van der Waals surface area contributed by atoms with Crippen LogP contribution >= 0.6 is 15.9 Å². The Labute approximate surface area is 174 Å². The van der Waals surface area contributed by atoms with Crippen LogP contribution in [0.4, 0.5) is 11.4 Å². The number of nitrogens with zero attached hydrogens (tertiary/aromatic N) is 4. The van der Waals surface area contributed by atoms with Crippen molar-refractivity contribution in [2.75, 3.05) is 5.32 Å². The lowest BCUT2D eigenvalue weighted by atomic mass is 9.90. The van der Waals surface area contributed by atoms with Gasteiger partial charge in [0, 0.05) is 34.6 Å². The van der Waals surface area contributed by atoms with Crippen LogP contribution in [0.3, 0.4) is 0 Å². The number of non-ortho nitro benzene ring substituents is 1. The molecule has 0 aliphatic heterocycles. The van der Waals surface area contributed by atoms with E-state index in [4.69, 9.17) is 0 Å². The first-order valence-electron chi connectivity index (χ1n) is 8.90. The molecule has 0 amide bonds. The molecule has 1 aliphatic carbocycles. The summed E-state index contributed by atoms with van der Waals surface area (Å²) in [6.45, 7) is 1.82. The van der Waals surface area contributed by atoms with Gasteiger partial charge in [-0.25, -0.2) is 9.67 Å². The Hall–Kier alpha value is -3.33. The first-order valence-corrected chi connectivity index (χ1v) is 9.69. The molecule has 0 unspecified atom stereocenters. The van der Waals surface area contributed by atoms with Gasteiger partial charge in [0.2, 0.25) is 0 Å². The summed E-state index contributed by atoms with van der Waals surface area (Å²) in [5.41, 5.74) is 3.40. The van der Waals surface area contributed by atoms with Gasteiger partial charge in [-0.15, -0.1) is 0 Å². The number of halogens is 1. The molecule has 4 rings (SSSR count). The maximum Gasteiger partial charge on any atom is 0.270 e. The Balaban J connectivity index is 1.61. The minimum absolute atomic E-state index is 0.00831. The SMILES string of the molecule is Cc1nn(-c2ccccn2)c2c1C(=O)/C(=C\Nc1ccc([N+](=O)[O-])cc1Br)CC2. The van der Waals surface area contributed by atoms with Crippen molar-refractivity contribution in [3.8, 4) is 5.82 Å². The molecule has 146 valence electrons. The summed E-state index contributed by atoms with van der Waals surface area (Å²) >= 11 is 3.32. The number of nitrogens with one attached hydrogen (secondary N) is 1. The fraction of sp³-hybridized carbons (Fsp3) is 0.150. The molecule has 29 heavy (non-hydrogen) atoms. The highest BCUT2D eigenvalue weighted by molar-refractivity contribution is 9.10. The van der Waals surface area contributed by atoms with Gasteiger partial charge in [0.25, 0.3) is 5.69 Å². The molecule has 1 aliphatic rings. The van der Waals surface area contributed by atoms with Crippen molar-refractivity contribution < 1.29 is 9.72 Å². The van der Waals surface area contributed by atoms with Crippen molar-refractivity contribution in [1.29, 1.82) is 0 Å². The standard InChI is InChI=1S/C20H16BrN5O3/c1-12-19-17(25(24-12)18-4-2-3-9-22-18)8-5-13(20(19)27)11-23-16-7-6-14(26(28)29)10-15(16)21/h2-4,6-7,9-11,23H,5,8H2,1H3/b13-11-. The van der Waals surface area contributed by atoms with Gasteiger partial charge in [-0.3, -0.25) is 14.9 Å². The van der Waals surface area contributed by atoms with Crippen molar-refractivity contribution in [2.24, 2.45) is 0 Å². The summed E-state index contributed by atoms with van der Waals surface area (Å²) in [4.78, 5) is 27.8. The highest BCUT2D eigenvalue weighted by Crippen LogP contribution is 2.31. The largest absolute Gasteiger partial charge is 0.360 e. The molecule has 9 heteroatoms. The first kappa shape index (κ1) is 19.0. The summed E-state index contributed by atoms with van der Waals surface area (Å²) < 4.78 is 2.28. The maximum absolute atomic E-state index is 13.0. The summed E-state index contributed by atoms with van der Waals surface area (Å²) in [6, 6.07) is 10.0. The van der Waals surface area contributed by atoms with Gasteiger partial charge in [-0.1, -0.05) is 6.07 Å². The number of pyridine rings is 1. The fourth-order valence-electron chi connectivity index (χ4n) is 3.33. The number of fused-ring (bicyclic) bond motifs is 1. The number of nitro groups is 1. The highest BCUT2D eigenvalue weighted by Gasteiger charge is 2.29. The van der Waals surface area contributed by atoms with Crippen LogP contribution in [0.5, 0.6) is 0 Å². The molecular weight excluding hydrogens is 438 g/mol. The van der Waals surface area contributed by atoms with Crippen LogP contribution in [-0.4, -0.2) is 25.5 Å². The summed E-state index contributed by atoms with van der Waals surface area (Å²) in [6.07, 6.45) is 4.57. The molecular formula is C20H16BrN5O3. The van der Waals surface area contributed by atoms with Crippen LogP contribution in [0, 0.1) is 17.0 Å². The second kappa shape index (κ2) is 7.59. The Morgan fingerprint density at radius 1 is 1.28 bits per heavy atom. The Bertz CT molecular complexity index is 1150. The smallest absolute Gasteiger partial charge is 0.270 e. The summed E-state index contributed by atoms with van der Waals surface area (Å²) in [5.74, 6) is 0.612. The number of anilines is 1. The topological polar surface area (TPSA) is 103 Å². The van der Waals surface area contributed by atoms with Gasteiger partial charge < -0.3 is 5.32 Å². The molecule has 1 N–H and O–H groups in total. The number of hydrogen-bond acceptors (Lipinski definition) is 6. The van der Waals surface area contributed by atoms with Crippen LogP contribution in [0.1, 0.15) is 28.2 Å². The van der Waals surface area contributed by atoms with Crippen molar-refractivity contribution >= 4 is 33.1 Å². The van der Waals surface area contributed by atoms with E-state index in [0.29, 0.717) is 45.7 Å². The van der Waals surface area contributed by atoms with Crippen LogP contribution in [0.25, 0.3) is 5.82 Å². The number of nitro benzene ring substituents is 1. The lowest BCUT2D eigenvalue weighted by Gasteiger charge is -2.16. The van der Waals surface area contributed by atoms with E-state index >= 15 is 0 Å². The molecule has 8 nitrogen and oxygen atoms in total. The fourth-order valence-corrected chi connectivity index (χ4v) is 3.82. The molecule has 0 saturated carbocycles. The molecule has 2 aromatic heterocycles. The number of hydrogen-bond donors (Lipinski definition) is 1. The average molecular weight is 454 g/mol. The van der Waals surface area contributed by atoms with Crippen LogP contribution < -0.4 is 5.32 Å². The van der Waals surface area contributed by atoms with E-state index in [9.17, 15) is 14.9 Å². The number of aromatic nitrogens is 3. The van der Waals surface area contributed by atoms with E-state index in [-0.39, 0.29) is 11.5 Å². The predicted molar refractivity (Wildman–Crippen MR) is 111 cm³/mol. The van der Waals surface area contributed by atoms with Gasteiger partial charge in [-0.05, 0) is 53.9 Å².